The molecule has 6 nitrogen and oxygen atoms in total. The molecule has 0 bridgehead atoms. The van der Waals surface area contributed by atoms with Crippen molar-refractivity contribution < 1.29 is 17.9 Å². The molecule has 2 aromatic carbocycles. The SMILES string of the molecule is COc1ccc(Cl)cc1S(=O)(=O)N1CCC(C(=O)Nc2ccccc2C)CC1. The Morgan fingerprint density at radius 1 is 1.18 bits per heavy atom. The van der Waals surface area contributed by atoms with Crippen molar-refractivity contribution in [3.05, 3.63) is 53.1 Å². The van der Waals surface area contributed by atoms with Crippen molar-refractivity contribution in [1.82, 2.24) is 4.31 Å². The molecule has 0 spiro atoms. The molecule has 1 fully saturated rings. The number of halogens is 1. The summed E-state index contributed by atoms with van der Waals surface area (Å²) < 4.78 is 32.6. The molecule has 2 aromatic rings. The van der Waals surface area contributed by atoms with Crippen molar-refractivity contribution >= 4 is 33.2 Å². The van der Waals surface area contributed by atoms with Crippen LogP contribution in [0.5, 0.6) is 5.75 Å². The summed E-state index contributed by atoms with van der Waals surface area (Å²) in [6.45, 7) is 2.47. The maximum atomic E-state index is 13.0. The molecule has 0 radical (unpaired) electrons. The number of piperidine rings is 1. The van der Waals surface area contributed by atoms with Gasteiger partial charge < -0.3 is 10.1 Å². The minimum Gasteiger partial charge on any atom is -0.495 e. The molecule has 0 unspecified atom stereocenters. The summed E-state index contributed by atoms with van der Waals surface area (Å²) in [4.78, 5) is 12.6. The van der Waals surface area contributed by atoms with E-state index in [4.69, 9.17) is 16.3 Å². The minimum absolute atomic E-state index is 0.0466. The number of anilines is 1. The quantitative estimate of drug-likeness (QED) is 0.797. The first-order valence-corrected chi connectivity index (χ1v) is 10.8. The van der Waals surface area contributed by atoms with Gasteiger partial charge in [-0.2, -0.15) is 4.31 Å². The molecule has 28 heavy (non-hydrogen) atoms. The number of hydrogen-bond donors (Lipinski definition) is 1. The van der Waals surface area contributed by atoms with Crippen molar-refractivity contribution in [2.24, 2.45) is 5.92 Å². The summed E-state index contributed by atoms with van der Waals surface area (Å²) in [5.74, 6) is -0.0529. The molecule has 1 saturated heterocycles. The first-order chi connectivity index (χ1) is 13.3. The third kappa shape index (κ3) is 4.32. The molecule has 1 aliphatic rings. The monoisotopic (exact) mass is 422 g/mol. The van der Waals surface area contributed by atoms with Crippen LogP contribution in [0.2, 0.25) is 5.02 Å². The van der Waals surface area contributed by atoms with E-state index in [1.807, 2.05) is 31.2 Å². The molecule has 1 heterocycles. The molecular weight excluding hydrogens is 400 g/mol. The van der Waals surface area contributed by atoms with Crippen molar-refractivity contribution in [2.45, 2.75) is 24.7 Å². The Morgan fingerprint density at radius 2 is 1.86 bits per heavy atom. The summed E-state index contributed by atoms with van der Waals surface area (Å²) in [5, 5.41) is 3.27. The molecule has 150 valence electrons. The van der Waals surface area contributed by atoms with E-state index in [0.29, 0.717) is 17.9 Å². The van der Waals surface area contributed by atoms with Crippen LogP contribution in [0.1, 0.15) is 18.4 Å². The maximum absolute atomic E-state index is 13.0. The molecule has 1 amide bonds. The molecular formula is C20H23ClN2O4S. The predicted octanol–water partition coefficient (Wildman–Crippen LogP) is 3.70. The summed E-state index contributed by atoms with van der Waals surface area (Å²) in [6, 6.07) is 12.1. The average molecular weight is 423 g/mol. The Morgan fingerprint density at radius 3 is 2.50 bits per heavy atom. The number of ether oxygens (including phenoxy) is 1. The number of amides is 1. The van der Waals surface area contributed by atoms with Crippen LogP contribution >= 0.6 is 11.6 Å². The van der Waals surface area contributed by atoms with Crippen LogP contribution in [-0.2, 0) is 14.8 Å². The number of hydrogen-bond acceptors (Lipinski definition) is 4. The number of sulfonamides is 1. The van der Waals surface area contributed by atoms with Crippen LogP contribution in [0.3, 0.4) is 0 Å². The third-order valence-corrected chi connectivity index (χ3v) is 7.13. The topological polar surface area (TPSA) is 75.7 Å². The zero-order chi connectivity index (χ0) is 20.3. The van der Waals surface area contributed by atoms with Gasteiger partial charge in [-0.05, 0) is 49.6 Å². The second-order valence-electron chi connectivity index (χ2n) is 6.78. The normalized spacial score (nSPS) is 16.0. The fourth-order valence-corrected chi connectivity index (χ4v) is 5.19. The van der Waals surface area contributed by atoms with Gasteiger partial charge in [-0.25, -0.2) is 8.42 Å². The number of nitrogens with one attached hydrogen (secondary N) is 1. The Kier molecular flexibility index (Phi) is 6.27. The van der Waals surface area contributed by atoms with Gasteiger partial charge in [0.1, 0.15) is 10.6 Å². The fraction of sp³-hybridized carbons (Fsp3) is 0.350. The lowest BCUT2D eigenvalue weighted by molar-refractivity contribution is -0.120. The first kappa shape index (κ1) is 20.6. The highest BCUT2D eigenvalue weighted by Crippen LogP contribution is 2.32. The van der Waals surface area contributed by atoms with E-state index in [1.165, 1.54) is 23.5 Å². The number of methoxy groups -OCH3 is 1. The lowest BCUT2D eigenvalue weighted by Gasteiger charge is -2.31. The van der Waals surface area contributed by atoms with E-state index in [9.17, 15) is 13.2 Å². The van der Waals surface area contributed by atoms with Gasteiger partial charge in [0, 0.05) is 29.7 Å². The summed E-state index contributed by atoms with van der Waals surface area (Å²) in [7, 11) is -2.33. The standard InChI is InChI=1S/C20H23ClN2O4S/c1-14-5-3-4-6-17(14)22-20(24)15-9-11-23(12-10-15)28(25,26)19-13-16(21)7-8-18(19)27-2/h3-8,13,15H,9-12H2,1-2H3,(H,22,24). The van der Waals surface area contributed by atoms with Gasteiger partial charge in [0.15, 0.2) is 0 Å². The van der Waals surface area contributed by atoms with Crippen LogP contribution in [0.4, 0.5) is 5.69 Å². The molecule has 0 atom stereocenters. The van der Waals surface area contributed by atoms with Gasteiger partial charge >= 0.3 is 0 Å². The second kappa shape index (κ2) is 8.51. The van der Waals surface area contributed by atoms with Crippen molar-refractivity contribution in [3.8, 4) is 5.75 Å². The Hall–Kier alpha value is -2.09. The predicted molar refractivity (Wildman–Crippen MR) is 109 cm³/mol. The molecule has 8 heteroatoms. The number of nitrogens with zero attached hydrogens (tertiary/aromatic N) is 1. The van der Waals surface area contributed by atoms with Gasteiger partial charge in [-0.1, -0.05) is 29.8 Å². The fourth-order valence-electron chi connectivity index (χ4n) is 3.30. The van der Waals surface area contributed by atoms with Crippen LogP contribution in [0, 0.1) is 12.8 Å². The molecule has 0 aromatic heterocycles. The van der Waals surface area contributed by atoms with E-state index in [1.54, 1.807) is 6.07 Å². The Labute approximate surface area is 170 Å². The van der Waals surface area contributed by atoms with Crippen molar-refractivity contribution in [2.75, 3.05) is 25.5 Å². The molecule has 3 rings (SSSR count). The molecule has 0 aliphatic carbocycles. The average Bonchev–Trinajstić information content (AvgIpc) is 2.69. The van der Waals surface area contributed by atoms with Gasteiger partial charge in [0.2, 0.25) is 15.9 Å². The Balaban J connectivity index is 1.69. The van der Waals surface area contributed by atoms with Gasteiger partial charge in [-0.15, -0.1) is 0 Å². The smallest absolute Gasteiger partial charge is 0.246 e. The van der Waals surface area contributed by atoms with E-state index >= 15 is 0 Å². The molecule has 1 N–H and O–H groups in total. The zero-order valence-corrected chi connectivity index (χ0v) is 17.4. The summed E-state index contributed by atoms with van der Waals surface area (Å²) in [5.41, 5.74) is 1.77. The zero-order valence-electron chi connectivity index (χ0n) is 15.8. The lowest BCUT2D eigenvalue weighted by atomic mass is 9.97. The van der Waals surface area contributed by atoms with E-state index in [-0.39, 0.29) is 35.6 Å². The maximum Gasteiger partial charge on any atom is 0.246 e. The summed E-state index contributed by atoms with van der Waals surface area (Å²) in [6.07, 6.45) is 0.916. The highest BCUT2D eigenvalue weighted by atomic mass is 35.5. The molecule has 1 aliphatic heterocycles. The van der Waals surface area contributed by atoms with Gasteiger partial charge in [0.05, 0.1) is 7.11 Å². The van der Waals surface area contributed by atoms with Gasteiger partial charge in [-0.3, -0.25) is 4.79 Å². The highest BCUT2D eigenvalue weighted by Gasteiger charge is 2.34. The Bertz CT molecular complexity index is 970. The largest absolute Gasteiger partial charge is 0.495 e. The third-order valence-electron chi connectivity index (χ3n) is 4.97. The minimum atomic E-state index is -3.75. The number of aryl methyl sites for hydroxylation is 1. The number of carbonyl (C=O) groups excluding carboxylic acids is 1. The highest BCUT2D eigenvalue weighted by molar-refractivity contribution is 7.89. The van der Waals surface area contributed by atoms with E-state index in [2.05, 4.69) is 5.32 Å². The number of para-hydroxylation sites is 1. The second-order valence-corrected chi connectivity index (χ2v) is 9.12. The van der Waals surface area contributed by atoms with Crippen LogP contribution in [0.25, 0.3) is 0 Å². The van der Waals surface area contributed by atoms with Crippen LogP contribution in [0.15, 0.2) is 47.4 Å². The van der Waals surface area contributed by atoms with Crippen LogP contribution in [-0.4, -0.2) is 38.8 Å². The lowest BCUT2D eigenvalue weighted by Crippen LogP contribution is -2.41. The van der Waals surface area contributed by atoms with E-state index < -0.39 is 10.0 Å². The first-order valence-electron chi connectivity index (χ1n) is 9.03. The van der Waals surface area contributed by atoms with Crippen molar-refractivity contribution in [3.63, 3.8) is 0 Å². The van der Waals surface area contributed by atoms with E-state index in [0.717, 1.165) is 11.3 Å². The summed E-state index contributed by atoms with van der Waals surface area (Å²) >= 11 is 5.98. The number of rotatable bonds is 5. The number of carbonyl (C=O) groups is 1. The van der Waals surface area contributed by atoms with Crippen LogP contribution < -0.4 is 10.1 Å². The van der Waals surface area contributed by atoms with Gasteiger partial charge in [0.25, 0.3) is 0 Å². The van der Waals surface area contributed by atoms with Crippen molar-refractivity contribution in [1.29, 1.82) is 0 Å². The number of benzene rings is 2. The molecule has 0 saturated carbocycles.